The maximum absolute atomic E-state index is 13.1. The van der Waals surface area contributed by atoms with Crippen LogP contribution in [0.4, 0.5) is 5.69 Å². The number of nitro groups is 1. The maximum Gasteiger partial charge on any atom is 0.323 e. The summed E-state index contributed by atoms with van der Waals surface area (Å²) in [6.07, 6.45) is 3.72. The first-order chi connectivity index (χ1) is 17.3. The minimum absolute atomic E-state index is 0.0153. The van der Waals surface area contributed by atoms with Crippen LogP contribution in [0.5, 0.6) is 5.75 Å². The van der Waals surface area contributed by atoms with Gasteiger partial charge in [0.05, 0.1) is 17.7 Å². The van der Waals surface area contributed by atoms with Crippen LogP contribution in [-0.2, 0) is 16.1 Å². The monoisotopic (exact) mass is 513 g/mol. The van der Waals surface area contributed by atoms with E-state index in [4.69, 9.17) is 21.1 Å². The van der Waals surface area contributed by atoms with Crippen LogP contribution in [0.25, 0.3) is 0 Å². The van der Waals surface area contributed by atoms with Gasteiger partial charge in [0.2, 0.25) is 5.28 Å². The molecule has 3 rings (SSSR count). The molecule has 1 N–H and O–H groups in total. The van der Waals surface area contributed by atoms with Crippen LogP contribution in [0.3, 0.4) is 0 Å². The second-order valence-electron chi connectivity index (χ2n) is 8.19. The molecule has 2 heterocycles. The zero-order valence-corrected chi connectivity index (χ0v) is 21.3. The average molecular weight is 514 g/mol. The number of halogens is 1. The maximum atomic E-state index is 13.1. The van der Waals surface area contributed by atoms with E-state index < -0.39 is 23.0 Å². The minimum atomic E-state index is -0.971. The first kappa shape index (κ1) is 27.0. The fourth-order valence-corrected chi connectivity index (χ4v) is 4.07. The standard InChI is InChI=1S/C25H28ClN5O5/c1-5-9-18(24(32)36-14-17-10-7-6-8-11-17)29-22(20-16(3)23(35-4)15(2)12-27-20)21-19(31(33)34)13-28-25(26)30-21/h6-8,10-13,18,22,29H,5,9,14H2,1-4H3/t18-,22?/m0/s1. The highest BCUT2D eigenvalue weighted by Gasteiger charge is 2.33. The van der Waals surface area contributed by atoms with E-state index in [1.165, 1.54) is 7.11 Å². The predicted octanol–water partition coefficient (Wildman–Crippen LogP) is 4.65. The summed E-state index contributed by atoms with van der Waals surface area (Å²) in [4.78, 5) is 36.9. The summed E-state index contributed by atoms with van der Waals surface area (Å²) in [7, 11) is 1.53. The van der Waals surface area contributed by atoms with Crippen LogP contribution in [0.2, 0.25) is 5.28 Å². The van der Waals surface area contributed by atoms with Crippen molar-refractivity contribution in [3.05, 3.63) is 86.2 Å². The van der Waals surface area contributed by atoms with E-state index in [1.807, 2.05) is 44.2 Å². The normalized spacial score (nSPS) is 12.6. The molecule has 1 unspecified atom stereocenters. The molecular formula is C25H28ClN5O5. The first-order valence-corrected chi connectivity index (χ1v) is 11.8. The van der Waals surface area contributed by atoms with Gasteiger partial charge in [-0.25, -0.2) is 9.97 Å². The van der Waals surface area contributed by atoms with Gasteiger partial charge >= 0.3 is 11.7 Å². The third-order valence-electron chi connectivity index (χ3n) is 5.65. The molecule has 0 saturated heterocycles. The molecule has 2 aromatic heterocycles. The average Bonchev–Trinajstić information content (AvgIpc) is 2.86. The van der Waals surface area contributed by atoms with Gasteiger partial charge in [-0.2, -0.15) is 0 Å². The summed E-state index contributed by atoms with van der Waals surface area (Å²) in [6, 6.07) is 7.54. The molecule has 0 aliphatic rings. The second-order valence-corrected chi connectivity index (χ2v) is 8.52. The van der Waals surface area contributed by atoms with Crippen LogP contribution in [0.1, 0.15) is 53.9 Å². The van der Waals surface area contributed by atoms with Crippen molar-refractivity contribution in [3.8, 4) is 5.75 Å². The number of aryl methyl sites for hydroxylation is 1. The van der Waals surface area contributed by atoms with E-state index in [1.54, 1.807) is 13.1 Å². The van der Waals surface area contributed by atoms with Crippen molar-refractivity contribution in [1.29, 1.82) is 0 Å². The number of hydrogen-bond acceptors (Lipinski definition) is 9. The summed E-state index contributed by atoms with van der Waals surface area (Å²) >= 11 is 6.05. The number of ether oxygens (including phenoxy) is 2. The molecule has 0 amide bonds. The fourth-order valence-electron chi connectivity index (χ4n) is 3.93. The van der Waals surface area contributed by atoms with Gasteiger partial charge in [0.15, 0.2) is 0 Å². The van der Waals surface area contributed by atoms with Gasteiger partial charge in [-0.05, 0) is 37.4 Å². The number of carbonyl (C=O) groups is 1. The van der Waals surface area contributed by atoms with Gasteiger partial charge in [-0.1, -0.05) is 43.7 Å². The molecule has 36 heavy (non-hydrogen) atoms. The summed E-state index contributed by atoms with van der Waals surface area (Å²) in [5.41, 5.74) is 2.32. The Morgan fingerprint density at radius 1 is 1.17 bits per heavy atom. The van der Waals surface area contributed by atoms with Crippen LogP contribution in [0.15, 0.2) is 42.7 Å². The molecule has 0 fully saturated rings. The summed E-state index contributed by atoms with van der Waals surface area (Å²) in [5.74, 6) is 0.0820. The largest absolute Gasteiger partial charge is 0.496 e. The van der Waals surface area contributed by atoms with Crippen molar-refractivity contribution < 1.29 is 19.2 Å². The highest BCUT2D eigenvalue weighted by molar-refractivity contribution is 6.28. The molecule has 190 valence electrons. The highest BCUT2D eigenvalue weighted by atomic mass is 35.5. The summed E-state index contributed by atoms with van der Waals surface area (Å²) in [6.45, 7) is 5.66. The van der Waals surface area contributed by atoms with Crippen molar-refractivity contribution in [3.63, 3.8) is 0 Å². The van der Waals surface area contributed by atoms with Crippen molar-refractivity contribution in [1.82, 2.24) is 20.3 Å². The quantitative estimate of drug-likeness (QED) is 0.168. The number of carbonyl (C=O) groups excluding carboxylic acids is 1. The topological polar surface area (TPSA) is 129 Å². The molecule has 10 nitrogen and oxygen atoms in total. The Labute approximate surface area is 214 Å². The van der Waals surface area contributed by atoms with Crippen LogP contribution < -0.4 is 10.1 Å². The van der Waals surface area contributed by atoms with Crippen LogP contribution >= 0.6 is 11.6 Å². The van der Waals surface area contributed by atoms with Gasteiger partial charge < -0.3 is 9.47 Å². The van der Waals surface area contributed by atoms with Gasteiger partial charge in [-0.15, -0.1) is 0 Å². The molecule has 0 spiro atoms. The number of hydrogen-bond donors (Lipinski definition) is 1. The molecule has 0 bridgehead atoms. The summed E-state index contributed by atoms with van der Waals surface area (Å²) < 4.78 is 11.1. The lowest BCUT2D eigenvalue weighted by atomic mass is 9.99. The molecule has 2 atom stereocenters. The lowest BCUT2D eigenvalue weighted by Gasteiger charge is -2.26. The molecular weight excluding hydrogens is 486 g/mol. The Morgan fingerprint density at radius 2 is 1.89 bits per heavy atom. The van der Waals surface area contributed by atoms with E-state index in [9.17, 15) is 14.9 Å². The molecule has 0 saturated carbocycles. The Hall–Kier alpha value is -3.63. The highest BCUT2D eigenvalue weighted by Crippen LogP contribution is 2.34. The third-order valence-corrected chi connectivity index (χ3v) is 5.83. The third kappa shape index (κ3) is 6.32. The molecule has 0 radical (unpaired) electrons. The van der Waals surface area contributed by atoms with E-state index in [0.29, 0.717) is 29.8 Å². The van der Waals surface area contributed by atoms with Crippen molar-refractivity contribution in [2.24, 2.45) is 0 Å². The van der Waals surface area contributed by atoms with Crippen LogP contribution in [-0.4, -0.2) is 39.0 Å². The minimum Gasteiger partial charge on any atom is -0.496 e. The zero-order chi connectivity index (χ0) is 26.2. The summed E-state index contributed by atoms with van der Waals surface area (Å²) in [5, 5.41) is 14.9. The Morgan fingerprint density at radius 3 is 2.53 bits per heavy atom. The molecule has 3 aromatic rings. The Bertz CT molecular complexity index is 1220. The molecule has 0 aliphatic carbocycles. The van der Waals surface area contributed by atoms with E-state index in [-0.39, 0.29) is 23.3 Å². The number of methoxy groups -OCH3 is 1. The first-order valence-electron chi connectivity index (χ1n) is 11.4. The Kier molecular flexibility index (Phi) is 9.26. The zero-order valence-electron chi connectivity index (χ0n) is 20.5. The van der Waals surface area contributed by atoms with Crippen LogP contribution in [0, 0.1) is 24.0 Å². The van der Waals surface area contributed by atoms with Gasteiger partial charge in [0.25, 0.3) is 0 Å². The fraction of sp³-hybridized carbons (Fsp3) is 0.360. The lowest BCUT2D eigenvalue weighted by molar-refractivity contribution is -0.386. The number of aromatic nitrogens is 3. The number of nitrogens with one attached hydrogen (secondary N) is 1. The van der Waals surface area contributed by atoms with Crippen molar-refractivity contribution in [2.75, 3.05) is 7.11 Å². The van der Waals surface area contributed by atoms with Crippen molar-refractivity contribution >= 4 is 23.3 Å². The van der Waals surface area contributed by atoms with Crippen molar-refractivity contribution in [2.45, 2.75) is 52.3 Å². The van der Waals surface area contributed by atoms with E-state index in [2.05, 4.69) is 20.3 Å². The SMILES string of the molecule is CCC[C@H](NC(c1nc(Cl)ncc1[N+](=O)[O-])c1ncc(C)c(OC)c1C)C(=O)OCc1ccccc1. The predicted molar refractivity (Wildman–Crippen MR) is 134 cm³/mol. The van der Waals surface area contributed by atoms with Gasteiger partial charge in [-0.3, -0.25) is 25.2 Å². The number of esters is 1. The molecule has 0 aliphatic heterocycles. The lowest BCUT2D eigenvalue weighted by Crippen LogP contribution is -2.41. The number of rotatable bonds is 11. The number of nitrogens with zero attached hydrogens (tertiary/aromatic N) is 4. The Balaban J connectivity index is 2.05. The molecule has 11 heteroatoms. The molecule has 1 aromatic carbocycles. The van der Waals surface area contributed by atoms with E-state index in [0.717, 1.165) is 17.3 Å². The second kappa shape index (κ2) is 12.4. The van der Waals surface area contributed by atoms with Gasteiger partial charge in [0.1, 0.15) is 36.3 Å². The number of benzene rings is 1. The smallest absolute Gasteiger partial charge is 0.323 e. The van der Waals surface area contributed by atoms with E-state index >= 15 is 0 Å². The van der Waals surface area contributed by atoms with Gasteiger partial charge in [0, 0.05) is 17.3 Å². The number of pyridine rings is 1.